The molecule has 1 heterocycles. The molecule has 0 saturated carbocycles. The number of hydrogen-bond donors (Lipinski definition) is 3. The minimum atomic E-state index is -0.370. The highest BCUT2D eigenvalue weighted by Crippen LogP contribution is 2.27. The molecule has 0 aliphatic carbocycles. The molecule has 2 amide bonds. The zero-order valence-electron chi connectivity index (χ0n) is 14.8. The smallest absolute Gasteiger partial charge is 0.307 e. The number of nitrogens with one attached hydrogen (secondary N) is 2. The predicted octanol–water partition coefficient (Wildman–Crippen LogP) is 0.783. The summed E-state index contributed by atoms with van der Waals surface area (Å²) in [6.45, 7) is 2.78. The van der Waals surface area contributed by atoms with Crippen molar-refractivity contribution in [2.24, 2.45) is 11.7 Å². The minimum absolute atomic E-state index is 0.0262. The Morgan fingerprint density at radius 3 is 2.65 bits per heavy atom. The molecule has 0 bridgehead atoms. The van der Waals surface area contributed by atoms with Gasteiger partial charge in [-0.15, -0.1) is 0 Å². The van der Waals surface area contributed by atoms with Crippen molar-refractivity contribution in [3.8, 4) is 0 Å². The number of carbonyl (C=O) groups excluding carboxylic acids is 3. The van der Waals surface area contributed by atoms with E-state index in [1.54, 1.807) is 36.1 Å². The van der Waals surface area contributed by atoms with Crippen LogP contribution in [0.3, 0.4) is 0 Å². The number of amides is 2. The van der Waals surface area contributed by atoms with E-state index in [-0.39, 0.29) is 48.9 Å². The van der Waals surface area contributed by atoms with Crippen LogP contribution in [-0.2, 0) is 19.1 Å². The maximum absolute atomic E-state index is 12.5. The first-order chi connectivity index (χ1) is 12.4. The van der Waals surface area contributed by atoms with Gasteiger partial charge in [0, 0.05) is 36.7 Å². The lowest BCUT2D eigenvalue weighted by Gasteiger charge is -2.17. The topological polar surface area (TPSA) is 126 Å². The molecule has 140 valence electrons. The average molecular weight is 360 g/mol. The lowest BCUT2D eigenvalue weighted by atomic mass is 10.0. The molecule has 8 heteroatoms. The molecular formula is C18H24N4O4. The number of nitrogens with two attached hydrogens (primary N) is 1. The van der Waals surface area contributed by atoms with E-state index in [1.165, 1.54) is 0 Å². The van der Waals surface area contributed by atoms with E-state index in [0.29, 0.717) is 25.1 Å². The Balaban J connectivity index is 1.83. The lowest BCUT2D eigenvalue weighted by Crippen LogP contribution is -2.32. The van der Waals surface area contributed by atoms with E-state index in [4.69, 9.17) is 15.9 Å². The van der Waals surface area contributed by atoms with Crippen molar-refractivity contribution in [1.82, 2.24) is 5.32 Å². The second kappa shape index (κ2) is 8.98. The summed E-state index contributed by atoms with van der Waals surface area (Å²) in [6.07, 6.45) is 0.815. The van der Waals surface area contributed by atoms with Crippen molar-refractivity contribution in [3.63, 3.8) is 0 Å². The van der Waals surface area contributed by atoms with E-state index < -0.39 is 0 Å². The number of hydrogen-bond acceptors (Lipinski definition) is 5. The largest absolute Gasteiger partial charge is 0.466 e. The molecular weight excluding hydrogens is 336 g/mol. The SMILES string of the molecule is CCOC(=O)CCNC(=O)CC1CCN(c2ccc(C(=N)N)cc2)C1=O. The third-order valence-corrected chi connectivity index (χ3v) is 4.19. The molecule has 1 aliphatic rings. The van der Waals surface area contributed by atoms with Crippen molar-refractivity contribution in [2.75, 3.05) is 24.6 Å². The summed E-state index contributed by atoms with van der Waals surface area (Å²) in [4.78, 5) is 37.4. The number of amidine groups is 1. The van der Waals surface area contributed by atoms with Gasteiger partial charge in [-0.05, 0) is 37.6 Å². The number of rotatable bonds is 8. The van der Waals surface area contributed by atoms with Crippen LogP contribution < -0.4 is 16.0 Å². The Bertz CT molecular complexity index is 687. The van der Waals surface area contributed by atoms with Crippen LogP contribution in [0.5, 0.6) is 0 Å². The summed E-state index contributed by atoms with van der Waals surface area (Å²) in [5.41, 5.74) is 6.75. The van der Waals surface area contributed by atoms with Crippen molar-refractivity contribution < 1.29 is 19.1 Å². The van der Waals surface area contributed by atoms with Gasteiger partial charge in [0.15, 0.2) is 0 Å². The quantitative estimate of drug-likeness (QED) is 0.359. The van der Waals surface area contributed by atoms with E-state index in [9.17, 15) is 14.4 Å². The van der Waals surface area contributed by atoms with Gasteiger partial charge < -0.3 is 20.7 Å². The fourth-order valence-electron chi connectivity index (χ4n) is 2.84. The molecule has 0 aromatic heterocycles. The van der Waals surface area contributed by atoms with Crippen LogP contribution in [0.15, 0.2) is 24.3 Å². The second-order valence-electron chi connectivity index (χ2n) is 6.05. The van der Waals surface area contributed by atoms with Gasteiger partial charge in [0.25, 0.3) is 0 Å². The molecule has 0 spiro atoms. The Kier molecular flexibility index (Phi) is 6.71. The summed E-state index contributed by atoms with van der Waals surface area (Å²) in [7, 11) is 0. The number of esters is 1. The van der Waals surface area contributed by atoms with E-state index in [2.05, 4.69) is 5.32 Å². The highest BCUT2D eigenvalue weighted by Gasteiger charge is 2.33. The first-order valence-electron chi connectivity index (χ1n) is 8.60. The predicted molar refractivity (Wildman–Crippen MR) is 96.8 cm³/mol. The molecule has 4 N–H and O–H groups in total. The van der Waals surface area contributed by atoms with Gasteiger partial charge in [-0.25, -0.2) is 0 Å². The first-order valence-corrected chi connectivity index (χ1v) is 8.60. The van der Waals surface area contributed by atoms with E-state index in [1.807, 2.05) is 0 Å². The van der Waals surface area contributed by atoms with Gasteiger partial charge in [-0.2, -0.15) is 0 Å². The fourth-order valence-corrected chi connectivity index (χ4v) is 2.84. The highest BCUT2D eigenvalue weighted by molar-refractivity contribution is 6.00. The van der Waals surface area contributed by atoms with Gasteiger partial charge >= 0.3 is 5.97 Å². The third-order valence-electron chi connectivity index (χ3n) is 4.19. The standard InChI is InChI=1S/C18H24N4O4/c1-2-26-16(24)7-9-21-15(23)11-13-8-10-22(18(13)25)14-5-3-12(4-6-14)17(19)20/h3-6,13H,2,7-11H2,1H3,(H3,19,20)(H,21,23). The first kappa shape index (κ1) is 19.4. The Morgan fingerprint density at radius 1 is 1.35 bits per heavy atom. The third kappa shape index (κ3) is 5.05. The van der Waals surface area contributed by atoms with Crippen LogP contribution in [0.25, 0.3) is 0 Å². The molecule has 26 heavy (non-hydrogen) atoms. The van der Waals surface area contributed by atoms with Crippen LogP contribution in [-0.4, -0.2) is 43.3 Å². The molecule has 1 atom stereocenters. The van der Waals surface area contributed by atoms with Crippen molar-refractivity contribution in [3.05, 3.63) is 29.8 Å². The van der Waals surface area contributed by atoms with Crippen LogP contribution >= 0.6 is 0 Å². The molecule has 0 radical (unpaired) electrons. The summed E-state index contributed by atoms with van der Waals surface area (Å²) >= 11 is 0. The Hall–Kier alpha value is -2.90. The molecule has 1 aromatic rings. The number of benzene rings is 1. The van der Waals surface area contributed by atoms with Gasteiger partial charge in [0.1, 0.15) is 5.84 Å². The zero-order valence-corrected chi connectivity index (χ0v) is 14.8. The molecule has 1 saturated heterocycles. The van der Waals surface area contributed by atoms with Gasteiger partial charge in [0.2, 0.25) is 11.8 Å². The van der Waals surface area contributed by atoms with Crippen LogP contribution in [0.4, 0.5) is 5.69 Å². The average Bonchev–Trinajstić information content (AvgIpc) is 2.96. The molecule has 8 nitrogen and oxygen atoms in total. The van der Waals surface area contributed by atoms with Crippen LogP contribution in [0, 0.1) is 11.3 Å². The van der Waals surface area contributed by atoms with Crippen LogP contribution in [0.1, 0.15) is 31.7 Å². The maximum atomic E-state index is 12.5. The molecule has 2 rings (SSSR count). The van der Waals surface area contributed by atoms with E-state index in [0.717, 1.165) is 5.69 Å². The summed E-state index contributed by atoms with van der Waals surface area (Å²) in [6, 6.07) is 6.88. The zero-order chi connectivity index (χ0) is 19.1. The number of anilines is 1. The Labute approximate surface area is 152 Å². The maximum Gasteiger partial charge on any atom is 0.307 e. The molecule has 1 aromatic carbocycles. The normalized spacial score (nSPS) is 16.4. The van der Waals surface area contributed by atoms with Crippen molar-refractivity contribution in [2.45, 2.75) is 26.2 Å². The summed E-state index contributed by atoms with van der Waals surface area (Å²) in [5.74, 6) is -1.10. The molecule has 1 aliphatic heterocycles. The van der Waals surface area contributed by atoms with Crippen molar-refractivity contribution in [1.29, 1.82) is 5.41 Å². The summed E-state index contributed by atoms with van der Waals surface area (Å²) < 4.78 is 4.79. The molecule has 1 fully saturated rings. The number of nitrogen functional groups attached to an aromatic ring is 1. The number of carbonyl (C=O) groups is 3. The van der Waals surface area contributed by atoms with Gasteiger partial charge in [-0.3, -0.25) is 19.8 Å². The van der Waals surface area contributed by atoms with Gasteiger partial charge in [0.05, 0.1) is 13.0 Å². The highest BCUT2D eigenvalue weighted by atomic mass is 16.5. The summed E-state index contributed by atoms with van der Waals surface area (Å²) in [5, 5.41) is 10.0. The van der Waals surface area contributed by atoms with E-state index >= 15 is 0 Å². The van der Waals surface area contributed by atoms with Crippen molar-refractivity contribution >= 4 is 29.3 Å². The van der Waals surface area contributed by atoms with Gasteiger partial charge in [-0.1, -0.05) is 0 Å². The number of ether oxygens (including phenoxy) is 1. The van der Waals surface area contributed by atoms with Crippen LogP contribution in [0.2, 0.25) is 0 Å². The lowest BCUT2D eigenvalue weighted by molar-refractivity contribution is -0.143. The number of nitrogens with zero attached hydrogens (tertiary/aromatic N) is 1. The fraction of sp³-hybridized carbons (Fsp3) is 0.444. The minimum Gasteiger partial charge on any atom is -0.466 e. The molecule has 1 unspecified atom stereocenters. The second-order valence-corrected chi connectivity index (χ2v) is 6.05. The monoisotopic (exact) mass is 360 g/mol. The Morgan fingerprint density at radius 2 is 2.04 bits per heavy atom.